The smallest absolute Gasteiger partial charge is 0.294 e. The first-order chi connectivity index (χ1) is 14.5. The molecule has 4 rings (SSSR count). The Morgan fingerprint density at radius 1 is 1.10 bits per heavy atom. The predicted octanol–water partition coefficient (Wildman–Crippen LogP) is 6.02. The molecule has 0 aliphatic heterocycles. The lowest BCUT2D eigenvalue weighted by molar-refractivity contribution is -0.209. The summed E-state index contributed by atoms with van der Waals surface area (Å²) in [5.41, 5.74) is 0.00894. The zero-order valence-corrected chi connectivity index (χ0v) is 17.7. The fraction of sp³-hybridized carbons (Fsp3) is 0.364. The number of hydrogen-bond donors (Lipinski definition) is 0. The lowest BCUT2D eigenvalue weighted by Crippen LogP contribution is -2.34. The van der Waals surface area contributed by atoms with Crippen LogP contribution < -0.4 is 0 Å². The molecule has 1 aliphatic rings. The number of carbonyl (C=O) groups excluding carboxylic acids is 1. The largest absolute Gasteiger partial charge is 0.394 e. The van der Waals surface area contributed by atoms with Gasteiger partial charge in [-0.15, -0.1) is 5.10 Å². The summed E-state index contributed by atoms with van der Waals surface area (Å²) in [6, 6.07) is 12.0. The van der Waals surface area contributed by atoms with Crippen molar-refractivity contribution in [2.75, 3.05) is 0 Å². The Labute approximate surface area is 182 Å². The van der Waals surface area contributed by atoms with Gasteiger partial charge in [0.05, 0.1) is 11.1 Å². The standard InChI is InChI=1S/C22H20ClF3N4O/c1-21(2,22(24,25)26)12-19(31)16-9-15(13-5-7-17(23)8-6-13)10-18(11-16)30-20(14-3-4-14)27-28-29-30/h5-11,14H,3-4,12H2,1-2H3. The molecule has 31 heavy (non-hydrogen) atoms. The highest BCUT2D eigenvalue weighted by Gasteiger charge is 2.48. The molecule has 162 valence electrons. The molecule has 9 heteroatoms. The Morgan fingerprint density at radius 2 is 1.77 bits per heavy atom. The average Bonchev–Trinajstić information content (AvgIpc) is 3.43. The van der Waals surface area contributed by atoms with Crippen LogP contribution in [-0.2, 0) is 0 Å². The average molecular weight is 449 g/mol. The van der Waals surface area contributed by atoms with Crippen LogP contribution in [0.1, 0.15) is 55.2 Å². The van der Waals surface area contributed by atoms with E-state index in [1.54, 1.807) is 41.1 Å². The number of rotatable bonds is 6. The zero-order valence-electron chi connectivity index (χ0n) is 16.9. The second-order valence-corrected chi connectivity index (χ2v) is 8.92. The van der Waals surface area contributed by atoms with Crippen LogP contribution in [0.5, 0.6) is 0 Å². The molecule has 0 atom stereocenters. The highest BCUT2D eigenvalue weighted by molar-refractivity contribution is 6.30. The second kappa shape index (κ2) is 7.75. The van der Waals surface area contributed by atoms with Gasteiger partial charge in [0.2, 0.25) is 0 Å². The lowest BCUT2D eigenvalue weighted by atomic mass is 9.84. The maximum absolute atomic E-state index is 13.3. The number of nitrogens with zero attached hydrogens (tertiary/aromatic N) is 4. The molecular weight excluding hydrogens is 429 g/mol. The fourth-order valence-electron chi connectivity index (χ4n) is 3.28. The van der Waals surface area contributed by atoms with E-state index in [4.69, 9.17) is 11.6 Å². The maximum atomic E-state index is 13.3. The van der Waals surface area contributed by atoms with E-state index in [1.807, 2.05) is 6.07 Å². The Bertz CT molecular complexity index is 1120. The van der Waals surface area contributed by atoms with Crippen molar-refractivity contribution >= 4 is 17.4 Å². The SMILES string of the molecule is CC(C)(CC(=O)c1cc(-c2ccc(Cl)cc2)cc(-n2nnnc2C2CC2)c1)C(F)(F)F. The van der Waals surface area contributed by atoms with Crippen LogP contribution in [0.15, 0.2) is 42.5 Å². The molecule has 1 fully saturated rings. The van der Waals surface area contributed by atoms with E-state index in [2.05, 4.69) is 15.5 Å². The van der Waals surface area contributed by atoms with Crippen LogP contribution in [-0.4, -0.2) is 32.2 Å². The number of alkyl halides is 3. The molecule has 2 aromatic carbocycles. The highest BCUT2D eigenvalue weighted by atomic mass is 35.5. The van der Waals surface area contributed by atoms with Crippen molar-refractivity contribution in [3.63, 3.8) is 0 Å². The number of tetrazole rings is 1. The van der Waals surface area contributed by atoms with Gasteiger partial charge in [0, 0.05) is 22.9 Å². The molecule has 1 saturated carbocycles. The third-order valence-electron chi connectivity index (χ3n) is 5.47. The molecule has 5 nitrogen and oxygen atoms in total. The number of carbonyl (C=O) groups is 1. The van der Waals surface area contributed by atoms with Gasteiger partial charge in [-0.2, -0.15) is 17.9 Å². The summed E-state index contributed by atoms with van der Waals surface area (Å²) >= 11 is 5.98. The molecule has 1 heterocycles. The number of benzene rings is 2. The van der Waals surface area contributed by atoms with Gasteiger partial charge in [-0.05, 0) is 64.7 Å². The molecule has 0 amide bonds. The third-order valence-corrected chi connectivity index (χ3v) is 5.72. The van der Waals surface area contributed by atoms with Crippen LogP contribution in [0.2, 0.25) is 5.02 Å². The number of aromatic nitrogens is 4. The van der Waals surface area contributed by atoms with Gasteiger partial charge in [-0.3, -0.25) is 4.79 Å². The molecule has 0 spiro atoms. The van der Waals surface area contributed by atoms with Gasteiger partial charge < -0.3 is 0 Å². The summed E-state index contributed by atoms with van der Waals surface area (Å²) in [7, 11) is 0. The van der Waals surface area contributed by atoms with E-state index in [-0.39, 0.29) is 11.5 Å². The summed E-state index contributed by atoms with van der Waals surface area (Å²) < 4.78 is 41.6. The minimum absolute atomic E-state index is 0.178. The Morgan fingerprint density at radius 3 is 2.39 bits per heavy atom. The monoisotopic (exact) mass is 448 g/mol. The summed E-state index contributed by atoms with van der Waals surface area (Å²) in [6.45, 7) is 2.06. The van der Waals surface area contributed by atoms with E-state index in [1.165, 1.54) is 0 Å². The van der Waals surface area contributed by atoms with Crippen LogP contribution in [0, 0.1) is 5.41 Å². The molecule has 0 radical (unpaired) electrons. The van der Waals surface area contributed by atoms with Crippen molar-refractivity contribution in [2.45, 2.75) is 45.2 Å². The summed E-state index contributed by atoms with van der Waals surface area (Å²) in [4.78, 5) is 12.9. The first kappa shape index (κ1) is 21.5. The first-order valence-corrected chi connectivity index (χ1v) is 10.2. The Balaban J connectivity index is 1.79. The molecular formula is C22H20ClF3N4O. The van der Waals surface area contributed by atoms with Crippen molar-refractivity contribution in [2.24, 2.45) is 5.41 Å². The summed E-state index contributed by atoms with van der Waals surface area (Å²) in [5, 5.41) is 12.4. The van der Waals surface area contributed by atoms with Crippen molar-refractivity contribution in [3.8, 4) is 16.8 Å². The van der Waals surface area contributed by atoms with Crippen LogP contribution in [0.4, 0.5) is 13.2 Å². The second-order valence-electron chi connectivity index (χ2n) is 8.48. The fourth-order valence-corrected chi connectivity index (χ4v) is 3.41. The minimum atomic E-state index is -4.49. The van der Waals surface area contributed by atoms with Crippen LogP contribution >= 0.6 is 11.6 Å². The lowest BCUT2D eigenvalue weighted by Gasteiger charge is -2.27. The summed E-state index contributed by atoms with van der Waals surface area (Å²) in [5.74, 6) is 0.334. The maximum Gasteiger partial charge on any atom is 0.394 e. The van der Waals surface area contributed by atoms with E-state index in [0.717, 1.165) is 32.3 Å². The normalized spacial score (nSPS) is 14.6. The van der Waals surface area contributed by atoms with Gasteiger partial charge in [-0.25, -0.2) is 0 Å². The molecule has 0 bridgehead atoms. The van der Waals surface area contributed by atoms with E-state index >= 15 is 0 Å². The number of halogens is 4. The zero-order chi connectivity index (χ0) is 22.4. The molecule has 0 N–H and O–H groups in total. The Kier molecular flexibility index (Phi) is 5.37. The van der Waals surface area contributed by atoms with Crippen molar-refractivity contribution in [1.29, 1.82) is 0 Å². The highest BCUT2D eigenvalue weighted by Crippen LogP contribution is 2.42. The van der Waals surface area contributed by atoms with E-state index in [0.29, 0.717) is 22.1 Å². The summed E-state index contributed by atoms with van der Waals surface area (Å²) in [6.07, 6.45) is -3.20. The Hall–Kier alpha value is -2.74. The molecule has 1 aromatic heterocycles. The number of Topliss-reactive ketones (excluding diaryl/α,β-unsaturated/α-hetero) is 1. The molecule has 3 aromatic rings. The van der Waals surface area contributed by atoms with Crippen molar-refractivity contribution in [3.05, 3.63) is 58.9 Å². The molecule has 1 aliphatic carbocycles. The number of hydrogen-bond acceptors (Lipinski definition) is 4. The molecule has 0 saturated heterocycles. The van der Waals surface area contributed by atoms with Gasteiger partial charge in [0.1, 0.15) is 0 Å². The van der Waals surface area contributed by atoms with E-state index < -0.39 is 23.8 Å². The first-order valence-electron chi connectivity index (χ1n) is 9.85. The predicted molar refractivity (Wildman–Crippen MR) is 110 cm³/mol. The minimum Gasteiger partial charge on any atom is -0.294 e. The van der Waals surface area contributed by atoms with Crippen LogP contribution in [0.25, 0.3) is 16.8 Å². The van der Waals surface area contributed by atoms with Crippen molar-refractivity contribution < 1.29 is 18.0 Å². The number of ketones is 1. The van der Waals surface area contributed by atoms with Gasteiger partial charge in [0.15, 0.2) is 11.6 Å². The quantitative estimate of drug-likeness (QED) is 0.432. The van der Waals surface area contributed by atoms with E-state index in [9.17, 15) is 18.0 Å². The van der Waals surface area contributed by atoms with Gasteiger partial charge in [-0.1, -0.05) is 37.6 Å². The third kappa shape index (κ3) is 4.49. The topological polar surface area (TPSA) is 60.7 Å². The molecule has 0 unspecified atom stereocenters. The van der Waals surface area contributed by atoms with Crippen molar-refractivity contribution in [1.82, 2.24) is 20.2 Å². The van der Waals surface area contributed by atoms with Gasteiger partial charge >= 0.3 is 6.18 Å². The van der Waals surface area contributed by atoms with Crippen LogP contribution in [0.3, 0.4) is 0 Å². The van der Waals surface area contributed by atoms with Gasteiger partial charge in [0.25, 0.3) is 0 Å².